The van der Waals surface area contributed by atoms with Crippen molar-refractivity contribution in [1.29, 1.82) is 0 Å². The summed E-state index contributed by atoms with van der Waals surface area (Å²) >= 11 is 6.30. The maximum Gasteiger partial charge on any atom is 0.276 e. The zero-order chi connectivity index (χ0) is 24.8. The highest BCUT2D eigenvalue weighted by molar-refractivity contribution is 6.22. The van der Waals surface area contributed by atoms with Crippen LogP contribution in [0.1, 0.15) is 20.8 Å². The van der Waals surface area contributed by atoms with Gasteiger partial charge in [0.25, 0.3) is 5.25 Å². The molecule has 1 heterocycles. The lowest BCUT2D eigenvalue weighted by atomic mass is 10.1. The second kappa shape index (κ2) is 11.1. The predicted molar refractivity (Wildman–Crippen MR) is 122 cm³/mol. The highest BCUT2D eigenvalue weighted by Crippen LogP contribution is 2.37. The van der Waals surface area contributed by atoms with Crippen LogP contribution in [0.3, 0.4) is 0 Å². The summed E-state index contributed by atoms with van der Waals surface area (Å²) in [6.07, 6.45) is -3.32. The Morgan fingerprint density at radius 2 is 1.25 bits per heavy atom. The second-order valence-corrected chi connectivity index (χ2v) is 7.88. The van der Waals surface area contributed by atoms with Crippen molar-refractivity contribution in [2.45, 2.75) is 43.3 Å². The van der Waals surface area contributed by atoms with Gasteiger partial charge < -0.3 is 24.1 Å². The summed E-state index contributed by atoms with van der Waals surface area (Å²) in [4.78, 5) is 0. The van der Waals surface area contributed by atoms with Crippen LogP contribution >= 0.6 is 11.6 Å². The van der Waals surface area contributed by atoms with E-state index < -0.39 is 43.3 Å². The Bertz CT molecular complexity index is 1040. The average molecular weight is 458 g/mol. The molecule has 7 atom stereocenters. The molecule has 4 unspecified atom stereocenters. The molecule has 168 valence electrons. The average Bonchev–Trinajstić information content (AvgIpc) is 3.12. The maximum absolute atomic E-state index is 10.8. The number of hydrogen-bond donors (Lipinski definition) is 1. The summed E-state index contributed by atoms with van der Waals surface area (Å²) in [5.41, 5.74) is 1.79. The van der Waals surface area contributed by atoms with Gasteiger partial charge in [0.15, 0.2) is 6.10 Å². The van der Waals surface area contributed by atoms with Crippen LogP contribution in [-0.4, -0.2) is 35.3 Å². The van der Waals surface area contributed by atoms with E-state index in [9.17, 15) is 5.11 Å². The summed E-state index contributed by atoms with van der Waals surface area (Å²) in [5, 5.41) is 8.52. The molecule has 1 aliphatic rings. The van der Waals surface area contributed by atoms with Crippen molar-refractivity contribution in [3.05, 3.63) is 108 Å². The van der Waals surface area contributed by atoms with E-state index in [1.807, 2.05) is 30.3 Å². The molecule has 0 bridgehead atoms. The number of rotatable bonds is 10. The Labute approximate surface area is 197 Å². The van der Waals surface area contributed by atoms with Crippen LogP contribution in [-0.2, 0) is 38.7 Å². The molecule has 0 radical (unpaired) electrons. The molecule has 0 aliphatic carbocycles. The van der Waals surface area contributed by atoms with Crippen molar-refractivity contribution in [2.75, 3.05) is 6.61 Å². The first-order valence-corrected chi connectivity index (χ1v) is 10.7. The number of aliphatic hydroxyl groups is 1. The number of halogens is 1. The minimum atomic E-state index is -2.33. The molecule has 32 heavy (non-hydrogen) atoms. The first-order chi connectivity index (χ1) is 16.8. The molecule has 0 amide bonds. The molecule has 1 saturated heterocycles. The minimum Gasteiger partial charge on any atom is -0.374 e. The van der Waals surface area contributed by atoms with E-state index >= 15 is 0 Å². The Morgan fingerprint density at radius 1 is 0.781 bits per heavy atom. The Balaban J connectivity index is 1.54. The molecule has 3 aromatic rings. The summed E-state index contributed by atoms with van der Waals surface area (Å²) in [6, 6.07) is 26.7. The fraction of sp³-hybridized carbons (Fsp3) is 0.308. The fourth-order valence-electron chi connectivity index (χ4n) is 3.34. The van der Waals surface area contributed by atoms with E-state index in [1.165, 1.54) is 0 Å². The second-order valence-electron chi connectivity index (χ2n) is 7.34. The third kappa shape index (κ3) is 6.17. The normalized spacial score (nSPS) is 29.4. The third-order valence-corrected chi connectivity index (χ3v) is 5.23. The van der Waals surface area contributed by atoms with Gasteiger partial charge in [-0.2, -0.15) is 0 Å². The molecule has 6 heteroatoms. The standard InChI is InChI=1S/C26H27ClO5/c27-26(28)25(31-18-22-14-8-3-9-15-22)24(30-17-21-12-6-2-7-13-21)23(32-26)19-29-16-20-10-4-1-5-11-20/h1-15,23-25,28H,16-19H2/t23-,24-,25+,26?/m1/s1/i16D,17D,18D/t16?,17?,18?,23-,24-,25+,26?. The predicted octanol–water partition coefficient (Wildman–Crippen LogP) is 4.66. The maximum atomic E-state index is 10.8. The van der Waals surface area contributed by atoms with E-state index in [4.69, 9.17) is 34.7 Å². The Morgan fingerprint density at radius 3 is 1.78 bits per heavy atom. The monoisotopic (exact) mass is 457 g/mol. The van der Waals surface area contributed by atoms with Crippen LogP contribution in [0, 0.1) is 0 Å². The van der Waals surface area contributed by atoms with Gasteiger partial charge in [-0.3, -0.25) is 0 Å². The van der Waals surface area contributed by atoms with E-state index in [0.29, 0.717) is 16.7 Å². The molecule has 1 aliphatic heterocycles. The summed E-state index contributed by atoms with van der Waals surface area (Å²) in [7, 11) is 0. The number of benzene rings is 3. The quantitative estimate of drug-likeness (QED) is 0.449. The lowest BCUT2D eigenvalue weighted by Gasteiger charge is -2.26. The molecule has 3 aromatic carbocycles. The van der Waals surface area contributed by atoms with Crippen LogP contribution in [0.2, 0.25) is 0 Å². The zero-order valence-corrected chi connectivity index (χ0v) is 18.0. The van der Waals surface area contributed by atoms with E-state index in [-0.39, 0.29) is 6.61 Å². The van der Waals surface area contributed by atoms with Crippen molar-refractivity contribution >= 4 is 11.6 Å². The lowest BCUT2D eigenvalue weighted by molar-refractivity contribution is -0.186. The largest absolute Gasteiger partial charge is 0.374 e. The smallest absolute Gasteiger partial charge is 0.276 e. The van der Waals surface area contributed by atoms with Crippen molar-refractivity contribution in [2.24, 2.45) is 0 Å². The zero-order valence-electron chi connectivity index (χ0n) is 20.3. The highest BCUT2D eigenvalue weighted by Gasteiger charge is 2.55. The summed E-state index contributed by atoms with van der Waals surface area (Å²) < 4.78 is 48.3. The van der Waals surface area contributed by atoms with Crippen LogP contribution in [0.4, 0.5) is 0 Å². The van der Waals surface area contributed by atoms with E-state index in [0.717, 1.165) is 0 Å². The van der Waals surface area contributed by atoms with Crippen LogP contribution in [0.25, 0.3) is 0 Å². The van der Waals surface area contributed by atoms with Crippen molar-refractivity contribution in [3.8, 4) is 0 Å². The minimum absolute atomic E-state index is 0.155. The third-order valence-electron chi connectivity index (χ3n) is 4.92. The SMILES string of the molecule is [2H]C(OC[C@H]1OC(O)(Cl)[C@@H](OC([2H])c2ccccc2)[C@@H]1OC([2H])c1ccccc1)c1ccccc1. The molecule has 4 rings (SSSR count). The molecule has 1 fully saturated rings. The van der Waals surface area contributed by atoms with Gasteiger partial charge in [-0.1, -0.05) is 103 Å². The van der Waals surface area contributed by atoms with Gasteiger partial charge in [0.05, 0.1) is 30.5 Å². The van der Waals surface area contributed by atoms with Crippen molar-refractivity contribution < 1.29 is 28.2 Å². The number of alkyl halides is 1. The van der Waals surface area contributed by atoms with Gasteiger partial charge in [-0.15, -0.1) is 0 Å². The van der Waals surface area contributed by atoms with Gasteiger partial charge in [0.2, 0.25) is 0 Å². The number of ether oxygens (including phenoxy) is 4. The van der Waals surface area contributed by atoms with Gasteiger partial charge in [-0.25, -0.2) is 0 Å². The van der Waals surface area contributed by atoms with Gasteiger partial charge >= 0.3 is 0 Å². The molecule has 0 spiro atoms. The first-order valence-electron chi connectivity index (χ1n) is 12.0. The first kappa shape index (κ1) is 19.2. The van der Waals surface area contributed by atoms with E-state index in [2.05, 4.69) is 0 Å². The fourth-order valence-corrected chi connectivity index (χ4v) is 3.63. The summed E-state index contributed by atoms with van der Waals surface area (Å²) in [6.45, 7) is -3.48. The molecule has 1 N–H and O–H groups in total. The Hall–Kier alpha value is -2.25. The molecule has 0 aromatic heterocycles. The Kier molecular flexibility index (Phi) is 6.65. The van der Waals surface area contributed by atoms with Gasteiger partial charge in [0.1, 0.15) is 12.2 Å². The molecular weight excluding hydrogens is 428 g/mol. The van der Waals surface area contributed by atoms with Gasteiger partial charge in [0, 0.05) is 0 Å². The lowest BCUT2D eigenvalue weighted by Crippen LogP contribution is -2.42. The van der Waals surface area contributed by atoms with E-state index in [1.54, 1.807) is 60.7 Å². The van der Waals surface area contributed by atoms with Crippen molar-refractivity contribution in [1.82, 2.24) is 0 Å². The van der Waals surface area contributed by atoms with Crippen LogP contribution in [0.5, 0.6) is 0 Å². The highest BCUT2D eigenvalue weighted by atomic mass is 35.5. The molecular formula is C26H27ClO5. The molecule has 0 saturated carbocycles. The summed E-state index contributed by atoms with van der Waals surface area (Å²) in [5.74, 6) is 0. The topological polar surface area (TPSA) is 57.2 Å². The van der Waals surface area contributed by atoms with Crippen LogP contribution < -0.4 is 0 Å². The molecule has 5 nitrogen and oxygen atoms in total. The van der Waals surface area contributed by atoms with Gasteiger partial charge in [-0.05, 0) is 16.7 Å². The van der Waals surface area contributed by atoms with Crippen molar-refractivity contribution in [3.63, 3.8) is 0 Å². The van der Waals surface area contributed by atoms with Crippen LogP contribution in [0.15, 0.2) is 91.0 Å². The number of hydrogen-bond acceptors (Lipinski definition) is 5.